The van der Waals surface area contributed by atoms with Crippen LogP contribution in [-0.4, -0.2) is 53.2 Å². The largest absolute Gasteiger partial charge is 0.481 e. The van der Waals surface area contributed by atoms with E-state index >= 15 is 0 Å². The molecule has 10 atom stereocenters. The van der Waals surface area contributed by atoms with Crippen molar-refractivity contribution in [3.8, 4) is 0 Å². The third-order valence-electron chi connectivity index (χ3n) is 12.1. The predicted molar refractivity (Wildman–Crippen MR) is 153 cm³/mol. The van der Waals surface area contributed by atoms with Gasteiger partial charge in [-0.2, -0.15) is 0 Å². The van der Waals surface area contributed by atoms with E-state index in [1.807, 2.05) is 30.3 Å². The number of hydrogen-bond donors (Lipinski definition) is 3. The fraction of sp³-hybridized carbons (Fsp3) is 0.758. The molecule has 4 fully saturated rings. The average Bonchev–Trinajstić information content (AvgIpc) is 3.25. The SMILES string of the molecule is C[C@H](CCC(=O)N[C@H](CC(=O)O)c1ccccc1)[C@H]1CC[C@H]2[C@@H]3[C@@H](O)C[C@@H]4CN(C)CC[C@]4(C)[C@H]3CC[C@]12C. The summed E-state index contributed by atoms with van der Waals surface area (Å²) >= 11 is 0. The lowest BCUT2D eigenvalue weighted by Crippen LogP contribution is -2.60. The molecule has 0 unspecified atom stereocenters. The predicted octanol–water partition coefficient (Wildman–Crippen LogP) is 5.52. The fourth-order valence-electron chi connectivity index (χ4n) is 10.0. The Morgan fingerprint density at radius 1 is 1.08 bits per heavy atom. The standard InChI is InChI=1S/C33H50N2O4/c1-21(10-13-29(37)34-27(19-30(38)39)22-8-6-5-7-9-22)24-11-12-25-31-26(14-15-33(24,25)3)32(2)16-17-35(4)20-23(32)18-28(31)36/h5-9,21,23-28,31,36H,10-20H2,1-4H3,(H,34,37)(H,38,39)/t21-,23-,24-,25+,26+,27-,28+,31+,32+,33-/m1/s1. The van der Waals surface area contributed by atoms with Crippen LogP contribution < -0.4 is 5.32 Å². The third-order valence-corrected chi connectivity index (χ3v) is 12.1. The van der Waals surface area contributed by atoms with Gasteiger partial charge in [0.1, 0.15) is 0 Å². The zero-order valence-corrected chi connectivity index (χ0v) is 24.4. The number of aliphatic hydroxyl groups is 1. The smallest absolute Gasteiger partial charge is 0.305 e. The molecule has 3 aliphatic carbocycles. The summed E-state index contributed by atoms with van der Waals surface area (Å²) in [7, 11) is 2.23. The van der Waals surface area contributed by atoms with Crippen LogP contribution in [0.4, 0.5) is 0 Å². The lowest BCUT2D eigenvalue weighted by Gasteiger charge is -2.62. The quantitative estimate of drug-likeness (QED) is 0.406. The molecule has 6 nitrogen and oxygen atoms in total. The molecular weight excluding hydrogens is 488 g/mol. The number of carbonyl (C=O) groups is 2. The van der Waals surface area contributed by atoms with Gasteiger partial charge in [0.25, 0.3) is 0 Å². The molecule has 1 aliphatic heterocycles. The van der Waals surface area contributed by atoms with Gasteiger partial charge in [-0.25, -0.2) is 0 Å². The summed E-state index contributed by atoms with van der Waals surface area (Å²) in [6, 6.07) is 8.89. The van der Waals surface area contributed by atoms with Crippen molar-refractivity contribution in [1.82, 2.24) is 10.2 Å². The summed E-state index contributed by atoms with van der Waals surface area (Å²) in [5.74, 6) is 2.22. The van der Waals surface area contributed by atoms with Crippen LogP contribution in [0.3, 0.4) is 0 Å². The summed E-state index contributed by atoms with van der Waals surface area (Å²) < 4.78 is 0. The first kappa shape index (κ1) is 28.6. The maximum Gasteiger partial charge on any atom is 0.305 e. The number of nitrogens with one attached hydrogen (secondary N) is 1. The highest BCUT2D eigenvalue weighted by molar-refractivity contribution is 5.77. The van der Waals surface area contributed by atoms with Crippen LogP contribution in [0.5, 0.6) is 0 Å². The zero-order valence-electron chi connectivity index (χ0n) is 24.4. The number of rotatable bonds is 8. The molecule has 39 heavy (non-hydrogen) atoms. The van der Waals surface area contributed by atoms with Crippen LogP contribution >= 0.6 is 0 Å². The number of likely N-dealkylation sites (tertiary alicyclic amines) is 1. The number of carboxylic acids is 1. The first-order chi connectivity index (χ1) is 18.5. The topological polar surface area (TPSA) is 89.9 Å². The molecule has 0 spiro atoms. The van der Waals surface area contributed by atoms with Gasteiger partial charge in [0, 0.05) is 13.0 Å². The van der Waals surface area contributed by atoms with Gasteiger partial charge >= 0.3 is 5.97 Å². The van der Waals surface area contributed by atoms with Crippen molar-refractivity contribution in [2.24, 2.45) is 46.3 Å². The Hall–Kier alpha value is -1.92. The highest BCUT2D eigenvalue weighted by atomic mass is 16.4. The van der Waals surface area contributed by atoms with E-state index in [1.165, 1.54) is 38.6 Å². The van der Waals surface area contributed by atoms with Crippen molar-refractivity contribution in [3.63, 3.8) is 0 Å². The van der Waals surface area contributed by atoms with Crippen molar-refractivity contribution in [2.45, 2.75) is 90.7 Å². The number of nitrogens with zero attached hydrogens (tertiary/aromatic N) is 1. The Kier molecular flexibility index (Phi) is 8.18. The van der Waals surface area contributed by atoms with Crippen molar-refractivity contribution in [1.29, 1.82) is 0 Å². The maximum absolute atomic E-state index is 13.0. The highest BCUT2D eigenvalue weighted by Crippen LogP contribution is 2.67. The molecule has 0 aromatic heterocycles. The van der Waals surface area contributed by atoms with Crippen LogP contribution in [0.1, 0.15) is 90.2 Å². The van der Waals surface area contributed by atoms with Crippen LogP contribution in [0, 0.1) is 46.3 Å². The number of carboxylic acid groups (broad SMARTS) is 1. The Balaban J connectivity index is 1.22. The number of benzene rings is 1. The average molecular weight is 539 g/mol. The summed E-state index contributed by atoms with van der Waals surface area (Å²) in [5.41, 5.74) is 1.41. The number of amides is 1. The summed E-state index contributed by atoms with van der Waals surface area (Å²) in [6.45, 7) is 9.65. The third kappa shape index (κ3) is 5.40. The Labute approximate surface area is 234 Å². The van der Waals surface area contributed by atoms with Crippen LogP contribution in [0.2, 0.25) is 0 Å². The number of aliphatic carboxylic acids is 1. The van der Waals surface area contributed by atoms with E-state index < -0.39 is 12.0 Å². The monoisotopic (exact) mass is 538 g/mol. The van der Waals surface area contributed by atoms with Crippen molar-refractivity contribution in [2.75, 3.05) is 20.1 Å². The fourth-order valence-corrected chi connectivity index (χ4v) is 10.0. The van der Waals surface area contributed by atoms with Crippen LogP contribution in [0.25, 0.3) is 0 Å². The Morgan fingerprint density at radius 3 is 2.51 bits per heavy atom. The van der Waals surface area contributed by atoms with Crippen LogP contribution in [0.15, 0.2) is 30.3 Å². The zero-order chi connectivity index (χ0) is 27.9. The number of carbonyl (C=O) groups excluding carboxylic acids is 1. The van der Waals surface area contributed by atoms with Crippen LogP contribution in [-0.2, 0) is 9.59 Å². The molecule has 5 rings (SSSR count). The van der Waals surface area contributed by atoms with Gasteiger partial charge in [-0.3, -0.25) is 9.59 Å². The minimum Gasteiger partial charge on any atom is -0.481 e. The van der Waals surface area contributed by atoms with Gasteiger partial charge in [-0.05, 0) is 110 Å². The molecule has 3 N–H and O–H groups in total. The molecule has 0 bridgehead atoms. The Morgan fingerprint density at radius 2 is 1.79 bits per heavy atom. The van der Waals surface area contributed by atoms with Crippen molar-refractivity contribution < 1.29 is 19.8 Å². The van der Waals surface area contributed by atoms with Gasteiger partial charge in [0.2, 0.25) is 5.91 Å². The number of hydrogen-bond acceptors (Lipinski definition) is 4. The molecular formula is C33H50N2O4. The van der Waals surface area contributed by atoms with Gasteiger partial charge in [-0.15, -0.1) is 0 Å². The second-order valence-corrected chi connectivity index (χ2v) is 14.2. The van der Waals surface area contributed by atoms with E-state index in [1.54, 1.807) is 0 Å². The molecule has 1 heterocycles. The lowest BCUT2D eigenvalue weighted by atomic mass is 9.44. The minimum atomic E-state index is -0.914. The normalized spacial score (nSPS) is 39.6. The van der Waals surface area contributed by atoms with Gasteiger partial charge in [0.05, 0.1) is 18.6 Å². The second kappa shape index (κ2) is 11.2. The highest BCUT2D eigenvalue weighted by Gasteiger charge is 2.62. The number of fused-ring (bicyclic) bond motifs is 5. The summed E-state index contributed by atoms with van der Waals surface area (Å²) in [5, 5.41) is 23.9. The molecule has 1 saturated heterocycles. The Bertz CT molecular complexity index is 1030. The van der Waals surface area contributed by atoms with Gasteiger partial charge in [0.15, 0.2) is 0 Å². The molecule has 3 saturated carbocycles. The molecule has 216 valence electrons. The summed E-state index contributed by atoms with van der Waals surface area (Å²) in [4.78, 5) is 26.9. The first-order valence-electron chi connectivity index (χ1n) is 15.5. The van der Waals surface area contributed by atoms with E-state index in [-0.39, 0.29) is 23.8 Å². The maximum atomic E-state index is 13.0. The summed E-state index contributed by atoms with van der Waals surface area (Å²) in [6.07, 6.45) is 7.99. The van der Waals surface area contributed by atoms with Gasteiger partial charge < -0.3 is 20.4 Å². The lowest BCUT2D eigenvalue weighted by molar-refractivity contribution is -0.170. The van der Waals surface area contributed by atoms with Crippen molar-refractivity contribution >= 4 is 11.9 Å². The molecule has 1 aromatic rings. The molecule has 4 aliphatic rings. The van der Waals surface area contributed by atoms with E-state index in [0.29, 0.717) is 47.3 Å². The molecule has 1 aromatic carbocycles. The van der Waals surface area contributed by atoms with Gasteiger partial charge in [-0.1, -0.05) is 51.1 Å². The molecule has 0 radical (unpaired) electrons. The van der Waals surface area contributed by atoms with Crippen molar-refractivity contribution in [3.05, 3.63) is 35.9 Å². The number of piperidine rings is 1. The van der Waals surface area contributed by atoms with E-state index in [2.05, 4.69) is 38.0 Å². The molecule has 6 heteroatoms. The van der Waals surface area contributed by atoms with E-state index in [0.717, 1.165) is 24.9 Å². The second-order valence-electron chi connectivity index (χ2n) is 14.2. The molecule has 1 amide bonds. The minimum absolute atomic E-state index is 0.0655. The first-order valence-corrected chi connectivity index (χ1v) is 15.5. The number of aliphatic hydroxyl groups excluding tert-OH is 1. The van der Waals surface area contributed by atoms with E-state index in [9.17, 15) is 19.8 Å². The van der Waals surface area contributed by atoms with E-state index in [4.69, 9.17) is 0 Å².